The summed E-state index contributed by atoms with van der Waals surface area (Å²) in [7, 11) is 0. The third-order valence-electron chi connectivity index (χ3n) is 3.33. The zero-order valence-corrected chi connectivity index (χ0v) is 13.3. The third-order valence-corrected chi connectivity index (χ3v) is 3.76. The molecule has 1 atom stereocenters. The minimum Gasteiger partial charge on any atom is -0.380 e. The molecule has 0 spiro atoms. The Morgan fingerprint density at radius 2 is 1.95 bits per heavy atom. The maximum atomic E-state index is 4.47. The van der Waals surface area contributed by atoms with Crippen molar-refractivity contribution in [1.29, 1.82) is 0 Å². The number of pyridine rings is 2. The first kappa shape index (κ1) is 14.0. The van der Waals surface area contributed by atoms with Gasteiger partial charge in [-0.3, -0.25) is 9.97 Å². The number of nitrogens with zero attached hydrogens (tertiary/aromatic N) is 2. The van der Waals surface area contributed by atoms with Gasteiger partial charge in [0.15, 0.2) is 0 Å². The van der Waals surface area contributed by atoms with Gasteiger partial charge >= 0.3 is 0 Å². The number of anilines is 1. The Labute approximate surface area is 132 Å². The predicted molar refractivity (Wildman–Crippen MR) is 90.5 cm³/mol. The fraction of sp³-hybridized carbons (Fsp3) is 0.176. The van der Waals surface area contributed by atoms with E-state index in [4.69, 9.17) is 0 Å². The Balaban J connectivity index is 1.81. The monoisotopic (exact) mass is 341 g/mol. The van der Waals surface area contributed by atoms with Crippen LogP contribution in [0.4, 0.5) is 5.69 Å². The van der Waals surface area contributed by atoms with Crippen molar-refractivity contribution in [2.45, 2.75) is 19.4 Å². The lowest BCUT2D eigenvalue weighted by Crippen LogP contribution is -2.18. The quantitative estimate of drug-likeness (QED) is 0.762. The summed E-state index contributed by atoms with van der Waals surface area (Å²) in [5.74, 6) is 0. The molecule has 3 rings (SSSR count). The van der Waals surface area contributed by atoms with Crippen LogP contribution < -0.4 is 5.32 Å². The number of halogens is 1. The molecule has 0 aliphatic rings. The lowest BCUT2D eigenvalue weighted by Gasteiger charge is -2.16. The Morgan fingerprint density at radius 1 is 1.14 bits per heavy atom. The van der Waals surface area contributed by atoms with E-state index in [1.165, 1.54) is 5.56 Å². The van der Waals surface area contributed by atoms with Gasteiger partial charge in [-0.1, -0.05) is 30.3 Å². The van der Waals surface area contributed by atoms with Crippen molar-refractivity contribution in [2.24, 2.45) is 0 Å². The van der Waals surface area contributed by atoms with E-state index in [-0.39, 0.29) is 0 Å². The SMILES string of the molecule is CC(Cc1ccccc1)Nc1ccnc2cc(Br)cnc12. The van der Waals surface area contributed by atoms with Crippen LogP contribution >= 0.6 is 15.9 Å². The first-order valence-corrected chi connectivity index (χ1v) is 7.72. The number of hydrogen-bond acceptors (Lipinski definition) is 3. The van der Waals surface area contributed by atoms with Crippen LogP contribution in [0.5, 0.6) is 0 Å². The van der Waals surface area contributed by atoms with Crippen LogP contribution in [-0.2, 0) is 6.42 Å². The number of hydrogen-bond donors (Lipinski definition) is 1. The molecule has 0 saturated carbocycles. The number of rotatable bonds is 4. The molecule has 106 valence electrons. The molecule has 21 heavy (non-hydrogen) atoms. The molecule has 0 saturated heterocycles. The van der Waals surface area contributed by atoms with Gasteiger partial charge in [0.1, 0.15) is 5.52 Å². The van der Waals surface area contributed by atoms with E-state index < -0.39 is 0 Å². The Morgan fingerprint density at radius 3 is 2.76 bits per heavy atom. The van der Waals surface area contributed by atoms with Crippen LogP contribution in [0.2, 0.25) is 0 Å². The second-order valence-electron chi connectivity index (χ2n) is 5.11. The number of benzene rings is 1. The van der Waals surface area contributed by atoms with Crippen molar-refractivity contribution in [3.05, 3.63) is 64.9 Å². The van der Waals surface area contributed by atoms with E-state index in [1.807, 2.05) is 24.4 Å². The zero-order valence-electron chi connectivity index (χ0n) is 11.8. The molecule has 1 aromatic carbocycles. The molecule has 1 unspecified atom stereocenters. The normalized spacial score (nSPS) is 12.3. The average Bonchev–Trinajstić information content (AvgIpc) is 2.48. The predicted octanol–water partition coefficient (Wildman–Crippen LogP) is 4.44. The summed E-state index contributed by atoms with van der Waals surface area (Å²) >= 11 is 3.43. The van der Waals surface area contributed by atoms with Gasteiger partial charge in [-0.25, -0.2) is 0 Å². The number of fused-ring (bicyclic) bond motifs is 1. The first-order valence-electron chi connectivity index (χ1n) is 6.93. The van der Waals surface area contributed by atoms with Gasteiger partial charge in [0.2, 0.25) is 0 Å². The van der Waals surface area contributed by atoms with Crippen LogP contribution in [0.1, 0.15) is 12.5 Å². The molecule has 0 aliphatic carbocycles. The topological polar surface area (TPSA) is 37.8 Å². The van der Waals surface area contributed by atoms with Crippen molar-refractivity contribution < 1.29 is 0 Å². The molecule has 2 heterocycles. The maximum Gasteiger partial charge on any atom is 0.112 e. The molecule has 4 heteroatoms. The maximum absolute atomic E-state index is 4.47. The van der Waals surface area contributed by atoms with Crippen molar-refractivity contribution in [3.8, 4) is 0 Å². The fourth-order valence-electron chi connectivity index (χ4n) is 2.41. The average molecular weight is 342 g/mol. The minimum atomic E-state index is 0.323. The highest BCUT2D eigenvalue weighted by Crippen LogP contribution is 2.23. The van der Waals surface area contributed by atoms with Crippen LogP contribution in [0.25, 0.3) is 11.0 Å². The molecule has 0 bridgehead atoms. The van der Waals surface area contributed by atoms with Crippen molar-refractivity contribution in [3.63, 3.8) is 0 Å². The summed E-state index contributed by atoms with van der Waals surface area (Å²) in [6.45, 7) is 2.18. The van der Waals surface area contributed by atoms with E-state index in [0.29, 0.717) is 6.04 Å². The van der Waals surface area contributed by atoms with Gasteiger partial charge < -0.3 is 5.32 Å². The van der Waals surface area contributed by atoms with Gasteiger partial charge in [-0.15, -0.1) is 0 Å². The molecule has 0 radical (unpaired) electrons. The summed E-state index contributed by atoms with van der Waals surface area (Å²) in [6, 6.07) is 14.8. The van der Waals surface area contributed by atoms with Crippen LogP contribution in [-0.4, -0.2) is 16.0 Å². The van der Waals surface area contributed by atoms with Crippen LogP contribution in [0, 0.1) is 0 Å². The molecule has 3 nitrogen and oxygen atoms in total. The molecule has 0 aliphatic heterocycles. The largest absolute Gasteiger partial charge is 0.380 e. The molecule has 3 aromatic rings. The standard InChI is InChI=1S/C17H16BrN3/c1-12(9-13-5-3-2-4-6-13)21-15-7-8-19-16-10-14(18)11-20-17(15)16/h2-8,10-12H,9H2,1H3,(H,19,21). The highest BCUT2D eigenvalue weighted by Gasteiger charge is 2.08. The number of aromatic nitrogens is 2. The zero-order chi connectivity index (χ0) is 14.7. The van der Waals surface area contributed by atoms with Crippen LogP contribution in [0.15, 0.2) is 59.3 Å². The summed E-state index contributed by atoms with van der Waals surface area (Å²) in [6.07, 6.45) is 4.59. The fourth-order valence-corrected chi connectivity index (χ4v) is 2.73. The molecule has 2 aromatic heterocycles. The van der Waals surface area contributed by atoms with Crippen molar-refractivity contribution in [2.75, 3.05) is 5.32 Å². The van der Waals surface area contributed by atoms with Crippen LogP contribution in [0.3, 0.4) is 0 Å². The highest BCUT2D eigenvalue weighted by atomic mass is 79.9. The first-order chi connectivity index (χ1) is 10.2. The molecule has 1 N–H and O–H groups in total. The minimum absolute atomic E-state index is 0.323. The summed E-state index contributed by atoms with van der Waals surface area (Å²) in [5, 5.41) is 3.54. The summed E-state index contributed by atoms with van der Waals surface area (Å²) in [4.78, 5) is 8.83. The van der Waals surface area contributed by atoms with Gasteiger partial charge in [0, 0.05) is 22.9 Å². The molecule has 0 fully saturated rings. The number of nitrogens with one attached hydrogen (secondary N) is 1. The van der Waals surface area contributed by atoms with E-state index in [0.717, 1.165) is 27.6 Å². The molecular formula is C17H16BrN3. The van der Waals surface area contributed by atoms with Crippen molar-refractivity contribution >= 4 is 32.7 Å². The second-order valence-corrected chi connectivity index (χ2v) is 6.03. The second kappa shape index (κ2) is 6.22. The van der Waals surface area contributed by atoms with E-state index in [2.05, 4.69) is 62.4 Å². The Bertz CT molecular complexity index is 743. The smallest absolute Gasteiger partial charge is 0.112 e. The third kappa shape index (κ3) is 3.39. The molecule has 0 amide bonds. The Kier molecular flexibility index (Phi) is 4.15. The van der Waals surface area contributed by atoms with E-state index >= 15 is 0 Å². The van der Waals surface area contributed by atoms with Gasteiger partial charge in [0.25, 0.3) is 0 Å². The van der Waals surface area contributed by atoms with Crippen molar-refractivity contribution in [1.82, 2.24) is 9.97 Å². The highest BCUT2D eigenvalue weighted by molar-refractivity contribution is 9.10. The van der Waals surface area contributed by atoms with E-state index in [9.17, 15) is 0 Å². The summed E-state index contributed by atoms with van der Waals surface area (Å²) in [5.41, 5.74) is 4.14. The lowest BCUT2D eigenvalue weighted by molar-refractivity contribution is 0.791. The van der Waals surface area contributed by atoms with Gasteiger partial charge in [-0.05, 0) is 47.0 Å². The lowest BCUT2D eigenvalue weighted by atomic mass is 10.1. The van der Waals surface area contributed by atoms with Gasteiger partial charge in [0.05, 0.1) is 11.2 Å². The molecular weight excluding hydrogens is 326 g/mol. The van der Waals surface area contributed by atoms with E-state index in [1.54, 1.807) is 6.20 Å². The Hall–Kier alpha value is -1.94. The summed E-state index contributed by atoms with van der Waals surface area (Å²) < 4.78 is 0.942. The van der Waals surface area contributed by atoms with Gasteiger partial charge in [-0.2, -0.15) is 0 Å².